The van der Waals surface area contributed by atoms with E-state index >= 15 is 0 Å². The van der Waals surface area contributed by atoms with Gasteiger partial charge in [0.2, 0.25) is 0 Å². The van der Waals surface area contributed by atoms with E-state index in [1.54, 1.807) is 101 Å². The average molecular weight is 2080 g/mol. The summed E-state index contributed by atoms with van der Waals surface area (Å²) in [6, 6.07) is -3.25. The van der Waals surface area contributed by atoms with Crippen LogP contribution in [0, 0.1) is 23.7 Å². The van der Waals surface area contributed by atoms with Crippen LogP contribution in [-0.2, 0) is 75.9 Å². The zero-order valence-electron chi connectivity index (χ0n) is 85.6. The van der Waals surface area contributed by atoms with E-state index in [0.29, 0.717) is 6.04 Å². The van der Waals surface area contributed by atoms with Crippen molar-refractivity contribution in [2.45, 2.75) is 378 Å². The first-order chi connectivity index (χ1) is 69.2. The molecule has 8 aliphatic rings. The van der Waals surface area contributed by atoms with Gasteiger partial charge in [-0.25, -0.2) is 19.2 Å². The van der Waals surface area contributed by atoms with Crippen molar-refractivity contribution >= 4 is 44.4 Å². The molecule has 0 aromatic carbocycles. The molecule has 0 aromatic rings. The summed E-state index contributed by atoms with van der Waals surface area (Å²) < 4.78 is 82.1. The van der Waals surface area contributed by atoms with Crippen LogP contribution in [-0.4, -0.2) is 361 Å². The number of ether oxygens (including phenoxy) is 14. The predicted octanol–water partition coefficient (Wildman–Crippen LogP) is 6.23. The number of cyclic esters (lactones) is 2. The maximum absolute atomic E-state index is 12.8. The molecular weight excluding hydrogens is 1920 g/mol. The molecule has 8 heterocycles. The Bertz CT molecular complexity index is 4420. The fourth-order valence-corrected chi connectivity index (χ4v) is 18.6. The molecule has 0 radical (unpaired) electrons. The quantitative estimate of drug-likeness (QED) is 0.0420. The largest absolute Gasteiger partial charge is 0.462 e. The standard InChI is InChI=1S/C53H84N2O18Si.C52H78N2O18/c1-33-20-18-16-14-12-10-8-9-11-13-15-17-19-21-39(71-50-49(64)46(42(61)32-69-50)54-51(65)68-24-25-74(5,6)7)29-43-47-44(72-52(66)55-47)31-53(67-4,73-43)30-38(58)27-41(60)40(59)23-22-36(56)26-37(57)28-45(62)70-35(3)34(2)48(33)63;1-7-24-67-50(64)54-45-47(62)34(5)69-49(48(45)63)70-38-21-19-17-15-13-11-9-8-10-12-14-16-18-20-31(2)46(61)32(3)33(4)68-43(60)27-36(56)25-35(55)22-23-39(58)40(59)26-37(57)29-52(66-6)30-42-44(41(28-38)72-52)53-51(65)71-42/h8-21,33-44,46-50,56-61,63-64H,22-32H2,1-7H3,(H,54,65)(H,55,66);7-21,31-42,44-49,55-59,61-63H,1,22-30H2,2-6H3,(H,53,65)(H,54,64)/b2*9-8+,12-10+,13-11+,16-14+,17-15+,20-18+,21-19+. The van der Waals surface area contributed by atoms with Crippen LogP contribution in [0.5, 0.6) is 0 Å². The molecule has 0 aromatic heterocycles. The van der Waals surface area contributed by atoms with E-state index in [0.717, 1.165) is 0 Å². The monoisotopic (exact) mass is 2080 g/mol. The number of aliphatic hydroxyl groups excluding tert-OH is 16. The van der Waals surface area contributed by atoms with Crippen molar-refractivity contribution in [2.75, 3.05) is 34.0 Å². The van der Waals surface area contributed by atoms with Crippen LogP contribution in [0.2, 0.25) is 25.7 Å². The number of methoxy groups -OCH3 is 2. The number of fused-ring (bicyclic) bond motifs is 8. The molecule has 6 fully saturated rings. The van der Waals surface area contributed by atoms with Gasteiger partial charge in [0.15, 0.2) is 24.2 Å². The van der Waals surface area contributed by atoms with Crippen molar-refractivity contribution in [3.8, 4) is 0 Å². The summed E-state index contributed by atoms with van der Waals surface area (Å²) >= 11 is 0. The second kappa shape index (κ2) is 62.9. The number of nitrogens with one attached hydrogen (secondary N) is 4. The van der Waals surface area contributed by atoms with Gasteiger partial charge in [0.05, 0.1) is 154 Å². The predicted molar refractivity (Wildman–Crippen MR) is 538 cm³/mol. The molecule has 40 nitrogen and oxygen atoms in total. The smallest absolute Gasteiger partial charge is 0.407 e. The average Bonchev–Trinajstić information content (AvgIpc) is 1.57. The first-order valence-corrected chi connectivity index (χ1v) is 54.1. The van der Waals surface area contributed by atoms with Crippen LogP contribution in [0.4, 0.5) is 19.2 Å². The fourth-order valence-electron chi connectivity index (χ4n) is 17.8. The normalized spacial score (nSPS) is 41.8. The zero-order chi connectivity index (χ0) is 108. The molecular formula is C105H162N4O36Si. The molecule has 41 heteroatoms. The highest BCUT2D eigenvalue weighted by molar-refractivity contribution is 6.76. The molecule has 0 saturated carbocycles. The Kier molecular flexibility index (Phi) is 53.5. The van der Waals surface area contributed by atoms with Crippen molar-refractivity contribution in [3.63, 3.8) is 0 Å². The van der Waals surface area contributed by atoms with Gasteiger partial charge in [-0.3, -0.25) is 9.59 Å². The van der Waals surface area contributed by atoms with Crippen LogP contribution in [0.25, 0.3) is 0 Å². The molecule has 822 valence electrons. The second-order valence-electron chi connectivity index (χ2n) is 39.9. The number of carbonyl (C=O) groups excluding carboxylic acids is 6. The summed E-state index contributed by atoms with van der Waals surface area (Å²) in [6.45, 7) is 21.7. The van der Waals surface area contributed by atoms with Gasteiger partial charge in [0.1, 0.15) is 55.4 Å². The highest BCUT2D eigenvalue weighted by atomic mass is 28.3. The molecule has 37 atom stereocenters. The summed E-state index contributed by atoms with van der Waals surface area (Å²) in [6.07, 6.45) is 14.1. The third-order valence-electron chi connectivity index (χ3n) is 26.7. The van der Waals surface area contributed by atoms with Crippen LogP contribution >= 0.6 is 0 Å². The van der Waals surface area contributed by atoms with Crippen LogP contribution in [0.15, 0.2) is 183 Å². The van der Waals surface area contributed by atoms with Gasteiger partial charge < -0.3 is 169 Å². The fraction of sp³-hybridized carbons (Fsp3) is 0.657. The Hall–Kier alpha value is -8.62. The molecule has 37 unspecified atom stereocenters. The Morgan fingerprint density at radius 3 is 1.17 bits per heavy atom. The Morgan fingerprint density at radius 1 is 0.411 bits per heavy atom. The van der Waals surface area contributed by atoms with E-state index in [1.807, 2.05) is 111 Å². The number of carbonyl (C=O) groups is 6. The molecule has 0 spiro atoms. The number of esters is 2. The maximum atomic E-state index is 12.8. The summed E-state index contributed by atoms with van der Waals surface area (Å²) in [5.74, 6) is -6.06. The van der Waals surface area contributed by atoms with E-state index in [4.69, 9.17) is 66.3 Å². The van der Waals surface area contributed by atoms with E-state index in [9.17, 15) is 110 Å². The van der Waals surface area contributed by atoms with Crippen molar-refractivity contribution in [1.29, 1.82) is 0 Å². The van der Waals surface area contributed by atoms with Crippen molar-refractivity contribution in [1.82, 2.24) is 21.3 Å². The van der Waals surface area contributed by atoms with Gasteiger partial charge in [-0.15, -0.1) is 0 Å². The zero-order valence-corrected chi connectivity index (χ0v) is 86.6. The number of rotatable bonds is 13. The number of aliphatic hydroxyl groups is 16. The molecule has 8 rings (SSSR count). The first-order valence-electron chi connectivity index (χ1n) is 50.4. The lowest BCUT2D eigenvalue weighted by atomic mass is 9.87. The third-order valence-corrected chi connectivity index (χ3v) is 28.5. The van der Waals surface area contributed by atoms with Gasteiger partial charge in [-0.2, -0.15) is 0 Å². The minimum atomic E-state index is -1.60. The van der Waals surface area contributed by atoms with Gasteiger partial charge in [0.25, 0.3) is 0 Å². The van der Waals surface area contributed by atoms with E-state index in [2.05, 4.69) is 47.5 Å². The van der Waals surface area contributed by atoms with E-state index < -0.39 is 270 Å². The Balaban J connectivity index is 0.000000396. The molecule has 4 bridgehead atoms. The van der Waals surface area contributed by atoms with Crippen molar-refractivity contribution in [2.24, 2.45) is 23.7 Å². The van der Waals surface area contributed by atoms with Crippen molar-refractivity contribution < 1.29 is 177 Å². The van der Waals surface area contributed by atoms with Gasteiger partial charge in [-0.1, -0.05) is 230 Å². The summed E-state index contributed by atoms with van der Waals surface area (Å²) in [5.41, 5.74) is 0. The number of amides is 4. The lowest BCUT2D eigenvalue weighted by Gasteiger charge is -2.46. The number of allylic oxidation sites excluding steroid dienone is 24. The Labute approximate surface area is 856 Å². The molecule has 20 N–H and O–H groups in total. The molecule has 0 aliphatic carbocycles. The van der Waals surface area contributed by atoms with E-state index in [-0.39, 0.29) is 122 Å². The van der Waals surface area contributed by atoms with Gasteiger partial charge >= 0.3 is 36.3 Å². The third kappa shape index (κ3) is 42.7. The lowest BCUT2D eigenvalue weighted by Crippen LogP contribution is -2.64. The molecule has 8 aliphatic heterocycles. The summed E-state index contributed by atoms with van der Waals surface area (Å²) in [4.78, 5) is 76.1. The van der Waals surface area contributed by atoms with Crippen LogP contribution in [0.1, 0.15) is 151 Å². The van der Waals surface area contributed by atoms with Gasteiger partial charge in [0, 0.05) is 97.3 Å². The topological polar surface area (TPSA) is 603 Å². The molecule has 146 heavy (non-hydrogen) atoms. The highest BCUT2D eigenvalue weighted by Crippen LogP contribution is 2.43. The van der Waals surface area contributed by atoms with Crippen LogP contribution < -0.4 is 21.3 Å². The maximum Gasteiger partial charge on any atom is 0.407 e. The SMILES string of the molecule is C=CCOC(=O)NC1C(O)C(C)OC(OC2/C=C/C=C/C=C/C=C/C=C/C=C/C=C/C(C)C(O)C(C)C(C)OC(=O)CC(O)CC(O)CCC(O)C(O)CC(O)CC3(OC)CC4OC(=O)NC4C(C2)O3)C1O.COC12CC(O)CC(O)C(O)CCC(O)CC(O)CC(=O)OC(C)C(C)C(O)C(C)/C=C/C=C/C=C/C=C/C=C/C=C/C=C/C(OC3OCC(O)C(NC(=O)OCC[Si](C)(C)C)C3O)CC(O1)C1NC(=O)OC1C2. The minimum absolute atomic E-state index is 0.0175. The number of alkyl carbamates (subject to hydrolysis) is 4. The summed E-state index contributed by atoms with van der Waals surface area (Å²) in [7, 11) is 1.18. The minimum Gasteiger partial charge on any atom is -0.462 e. The van der Waals surface area contributed by atoms with Crippen LogP contribution in [0.3, 0.4) is 0 Å². The lowest BCUT2D eigenvalue weighted by molar-refractivity contribution is -0.307. The van der Waals surface area contributed by atoms with Gasteiger partial charge in [-0.05, 0) is 65.3 Å². The number of hydrogen-bond donors (Lipinski definition) is 20. The molecule has 6 saturated heterocycles. The first kappa shape index (κ1) is 124. The number of hydrogen-bond acceptors (Lipinski definition) is 36. The van der Waals surface area contributed by atoms with Crippen molar-refractivity contribution in [3.05, 3.63) is 183 Å². The second-order valence-corrected chi connectivity index (χ2v) is 45.5. The highest BCUT2D eigenvalue weighted by Gasteiger charge is 2.57. The summed E-state index contributed by atoms with van der Waals surface area (Å²) in [5, 5.41) is 186. The van der Waals surface area contributed by atoms with E-state index in [1.165, 1.54) is 27.2 Å². The Morgan fingerprint density at radius 2 is 0.781 bits per heavy atom. The molecule has 4 amide bonds.